The van der Waals surface area contributed by atoms with E-state index in [0.717, 1.165) is 0 Å². The molecule has 0 aliphatic carbocycles. The Balaban J connectivity index is 2.21. The lowest BCUT2D eigenvalue weighted by molar-refractivity contribution is -0.115. The topological polar surface area (TPSA) is 89.3 Å². The molecule has 0 aromatic heterocycles. The molecule has 122 valence electrons. The van der Waals surface area contributed by atoms with Crippen LogP contribution in [0, 0.1) is 12.7 Å². The van der Waals surface area contributed by atoms with E-state index in [1.165, 1.54) is 36.4 Å². The molecule has 0 unspecified atom stereocenters. The Morgan fingerprint density at radius 2 is 2.00 bits per heavy atom. The van der Waals surface area contributed by atoms with Gasteiger partial charge in [0.25, 0.3) is 0 Å². The molecule has 0 saturated heterocycles. The normalized spacial score (nSPS) is 11.3. The molecule has 0 aliphatic rings. The highest BCUT2D eigenvalue weighted by atomic mass is 35.5. The van der Waals surface area contributed by atoms with Gasteiger partial charge in [-0.15, -0.1) is 0 Å². The molecule has 3 N–H and O–H groups in total. The molecule has 8 heteroatoms. The van der Waals surface area contributed by atoms with Crippen molar-refractivity contribution < 1.29 is 17.6 Å². The standard InChI is InChI=1S/C15H14ClFN2O3S/c1-9-5-6-10(7-14(9)23(18,21)22)19-15(20)8-11-12(16)3-2-4-13(11)17/h2-7H,8H2,1H3,(H,19,20)(H2,18,21,22). The summed E-state index contributed by atoms with van der Waals surface area (Å²) in [7, 11) is -3.90. The summed E-state index contributed by atoms with van der Waals surface area (Å²) in [5.74, 6) is -1.11. The number of nitrogens with one attached hydrogen (secondary N) is 1. The highest BCUT2D eigenvalue weighted by Crippen LogP contribution is 2.22. The quantitative estimate of drug-likeness (QED) is 0.882. The van der Waals surface area contributed by atoms with Gasteiger partial charge < -0.3 is 5.32 Å². The molecule has 0 aliphatic heterocycles. The Labute approximate surface area is 138 Å². The fourth-order valence-corrected chi connectivity index (χ4v) is 3.09. The van der Waals surface area contributed by atoms with Crippen molar-refractivity contribution in [3.05, 3.63) is 58.4 Å². The number of benzene rings is 2. The predicted octanol–water partition coefficient (Wildman–Crippen LogP) is 2.62. The predicted molar refractivity (Wildman–Crippen MR) is 86.3 cm³/mol. The molecule has 0 fully saturated rings. The van der Waals surface area contributed by atoms with E-state index in [2.05, 4.69) is 5.32 Å². The fraction of sp³-hybridized carbons (Fsp3) is 0.133. The van der Waals surface area contributed by atoms with E-state index in [1.807, 2.05) is 0 Å². The van der Waals surface area contributed by atoms with Gasteiger partial charge in [-0.1, -0.05) is 23.7 Å². The van der Waals surface area contributed by atoms with Gasteiger partial charge in [-0.3, -0.25) is 4.79 Å². The zero-order valence-corrected chi connectivity index (χ0v) is 13.7. The summed E-state index contributed by atoms with van der Waals surface area (Å²) < 4.78 is 36.6. The Morgan fingerprint density at radius 1 is 1.30 bits per heavy atom. The lowest BCUT2D eigenvalue weighted by Crippen LogP contribution is -2.17. The highest BCUT2D eigenvalue weighted by Gasteiger charge is 2.15. The van der Waals surface area contributed by atoms with Crippen LogP contribution in [0.1, 0.15) is 11.1 Å². The molecule has 0 saturated carbocycles. The molecule has 23 heavy (non-hydrogen) atoms. The molecular formula is C15H14ClFN2O3S. The van der Waals surface area contributed by atoms with Crippen molar-refractivity contribution in [2.24, 2.45) is 5.14 Å². The van der Waals surface area contributed by atoms with Crippen LogP contribution in [0.2, 0.25) is 5.02 Å². The second kappa shape index (κ2) is 6.66. The molecule has 1 amide bonds. The zero-order chi connectivity index (χ0) is 17.2. The smallest absolute Gasteiger partial charge is 0.238 e. The first-order valence-corrected chi connectivity index (χ1v) is 8.47. The maximum absolute atomic E-state index is 13.7. The van der Waals surface area contributed by atoms with Crippen molar-refractivity contribution in [2.75, 3.05) is 5.32 Å². The van der Waals surface area contributed by atoms with Crippen LogP contribution in [-0.2, 0) is 21.2 Å². The molecule has 0 spiro atoms. The van der Waals surface area contributed by atoms with Crippen LogP contribution in [0.15, 0.2) is 41.3 Å². The van der Waals surface area contributed by atoms with Gasteiger partial charge in [0, 0.05) is 16.3 Å². The Hall–Kier alpha value is -1.96. The van der Waals surface area contributed by atoms with Gasteiger partial charge in [-0.25, -0.2) is 17.9 Å². The second-order valence-electron chi connectivity index (χ2n) is 4.95. The Morgan fingerprint density at radius 3 is 2.61 bits per heavy atom. The summed E-state index contributed by atoms with van der Waals surface area (Å²) in [6.07, 6.45) is -0.274. The van der Waals surface area contributed by atoms with Crippen molar-refractivity contribution in [2.45, 2.75) is 18.2 Å². The molecular weight excluding hydrogens is 343 g/mol. The van der Waals surface area contributed by atoms with E-state index in [0.29, 0.717) is 5.56 Å². The highest BCUT2D eigenvalue weighted by molar-refractivity contribution is 7.89. The maximum atomic E-state index is 13.7. The van der Waals surface area contributed by atoms with E-state index in [1.54, 1.807) is 6.92 Å². The fourth-order valence-electron chi connectivity index (χ4n) is 2.05. The number of carbonyl (C=O) groups is 1. The van der Waals surface area contributed by atoms with Crippen LogP contribution in [-0.4, -0.2) is 14.3 Å². The van der Waals surface area contributed by atoms with Crippen LogP contribution < -0.4 is 10.5 Å². The summed E-state index contributed by atoms with van der Waals surface area (Å²) in [5.41, 5.74) is 0.783. The summed E-state index contributed by atoms with van der Waals surface area (Å²) in [5, 5.41) is 7.76. The van der Waals surface area contributed by atoms with Crippen LogP contribution in [0.4, 0.5) is 10.1 Å². The number of carbonyl (C=O) groups excluding carboxylic acids is 1. The minimum atomic E-state index is -3.90. The minimum Gasteiger partial charge on any atom is -0.326 e. The van der Waals surface area contributed by atoms with E-state index < -0.39 is 21.7 Å². The van der Waals surface area contributed by atoms with Crippen molar-refractivity contribution in [1.29, 1.82) is 0 Å². The number of nitrogens with two attached hydrogens (primary N) is 1. The summed E-state index contributed by atoms with van der Waals surface area (Å²) in [6.45, 7) is 1.59. The van der Waals surface area contributed by atoms with Gasteiger partial charge in [0.1, 0.15) is 5.82 Å². The van der Waals surface area contributed by atoms with Crippen molar-refractivity contribution in [1.82, 2.24) is 0 Å². The molecule has 2 aromatic rings. The third kappa shape index (κ3) is 4.28. The Kier molecular flexibility index (Phi) is 5.03. The number of halogens is 2. The minimum absolute atomic E-state index is 0.0745. The van der Waals surface area contributed by atoms with Gasteiger partial charge in [-0.2, -0.15) is 0 Å². The van der Waals surface area contributed by atoms with E-state index in [-0.39, 0.29) is 27.6 Å². The van der Waals surface area contributed by atoms with Gasteiger partial charge in [0.15, 0.2) is 0 Å². The summed E-state index contributed by atoms with van der Waals surface area (Å²) >= 11 is 5.87. The van der Waals surface area contributed by atoms with Gasteiger partial charge in [0.05, 0.1) is 11.3 Å². The van der Waals surface area contributed by atoms with Crippen LogP contribution >= 0.6 is 11.6 Å². The summed E-state index contributed by atoms with van der Waals surface area (Å²) in [6, 6.07) is 8.44. The third-order valence-electron chi connectivity index (χ3n) is 3.18. The van der Waals surface area contributed by atoms with Crippen LogP contribution in [0.25, 0.3) is 0 Å². The largest absolute Gasteiger partial charge is 0.326 e. The summed E-state index contributed by atoms with van der Waals surface area (Å²) in [4.78, 5) is 11.9. The van der Waals surface area contributed by atoms with E-state index in [9.17, 15) is 17.6 Å². The SMILES string of the molecule is Cc1ccc(NC(=O)Cc2c(F)cccc2Cl)cc1S(N)(=O)=O. The van der Waals surface area contributed by atoms with Gasteiger partial charge in [-0.05, 0) is 36.8 Å². The van der Waals surface area contributed by atoms with Gasteiger partial charge >= 0.3 is 0 Å². The number of hydrogen-bond acceptors (Lipinski definition) is 3. The first-order valence-electron chi connectivity index (χ1n) is 6.54. The Bertz CT molecular complexity index is 849. The molecule has 0 radical (unpaired) electrons. The van der Waals surface area contributed by atoms with E-state index in [4.69, 9.17) is 16.7 Å². The lowest BCUT2D eigenvalue weighted by atomic mass is 10.1. The first kappa shape index (κ1) is 17.4. The zero-order valence-electron chi connectivity index (χ0n) is 12.1. The number of sulfonamides is 1. The van der Waals surface area contributed by atoms with Gasteiger partial charge in [0.2, 0.25) is 15.9 Å². The number of primary sulfonamides is 1. The monoisotopic (exact) mass is 356 g/mol. The molecule has 5 nitrogen and oxygen atoms in total. The lowest BCUT2D eigenvalue weighted by Gasteiger charge is -2.10. The molecule has 0 heterocycles. The molecule has 0 atom stereocenters. The third-order valence-corrected chi connectivity index (χ3v) is 4.58. The van der Waals surface area contributed by atoms with Crippen molar-refractivity contribution in [3.63, 3.8) is 0 Å². The van der Waals surface area contributed by atoms with Crippen LogP contribution in [0.5, 0.6) is 0 Å². The number of aryl methyl sites for hydroxylation is 1. The second-order valence-corrected chi connectivity index (χ2v) is 6.89. The number of rotatable bonds is 4. The maximum Gasteiger partial charge on any atom is 0.238 e. The number of amides is 1. The average molecular weight is 357 g/mol. The van der Waals surface area contributed by atoms with Crippen molar-refractivity contribution in [3.8, 4) is 0 Å². The molecule has 2 aromatic carbocycles. The first-order chi connectivity index (χ1) is 10.7. The molecule has 2 rings (SSSR count). The number of anilines is 1. The average Bonchev–Trinajstić information content (AvgIpc) is 2.44. The van der Waals surface area contributed by atoms with E-state index >= 15 is 0 Å². The number of hydrogen-bond donors (Lipinski definition) is 2. The molecule has 0 bridgehead atoms. The van der Waals surface area contributed by atoms with Crippen molar-refractivity contribution >= 4 is 33.2 Å². The van der Waals surface area contributed by atoms with Crippen LogP contribution in [0.3, 0.4) is 0 Å².